The van der Waals surface area contributed by atoms with E-state index in [1.54, 1.807) is 19.1 Å². The van der Waals surface area contributed by atoms with Gasteiger partial charge < -0.3 is 30.3 Å². The highest BCUT2D eigenvalue weighted by Crippen LogP contribution is 2.24. The number of rotatable bonds is 2. The summed E-state index contributed by atoms with van der Waals surface area (Å²) >= 11 is 0. The zero-order valence-electron chi connectivity index (χ0n) is 25.5. The van der Waals surface area contributed by atoms with Crippen molar-refractivity contribution >= 4 is 23.6 Å². The quantitative estimate of drug-likeness (QED) is 0.289. The van der Waals surface area contributed by atoms with Gasteiger partial charge in [0.2, 0.25) is 0 Å². The molecule has 0 spiro atoms. The van der Waals surface area contributed by atoms with Crippen LogP contribution in [0.15, 0.2) is 36.4 Å². The van der Waals surface area contributed by atoms with E-state index in [0.29, 0.717) is 6.42 Å². The number of nitrogens with one attached hydrogen (secondary N) is 4. The molecule has 45 heavy (non-hydrogen) atoms. The maximum absolute atomic E-state index is 13.5. The van der Waals surface area contributed by atoms with Gasteiger partial charge in [0.05, 0.1) is 17.2 Å². The number of ether oxygens (including phenoxy) is 2. The number of carbonyl (C=O) groups excluding carboxylic acids is 2. The average Bonchev–Trinajstić information content (AvgIpc) is 3.25. The molecule has 12 heteroatoms. The van der Waals surface area contributed by atoms with Gasteiger partial charge in [0.15, 0.2) is 5.78 Å². The smallest absolute Gasteiger partial charge is 0.335 e. The summed E-state index contributed by atoms with van der Waals surface area (Å²) < 4.78 is 11.9. The molecule has 12 nitrogen and oxygen atoms in total. The van der Waals surface area contributed by atoms with Crippen LogP contribution in [0.1, 0.15) is 106 Å². The van der Waals surface area contributed by atoms with Crippen molar-refractivity contribution in [3.8, 4) is 11.5 Å². The normalized spacial score (nSPS) is 26.7. The summed E-state index contributed by atoms with van der Waals surface area (Å²) in [6.45, 7) is 1.97. The van der Waals surface area contributed by atoms with Crippen LogP contribution in [0.3, 0.4) is 0 Å². The third-order valence-corrected chi connectivity index (χ3v) is 8.93. The van der Waals surface area contributed by atoms with E-state index in [0.717, 1.165) is 51.4 Å². The molecule has 5 unspecified atom stereocenters. The molecule has 0 saturated heterocycles. The number of carboxylic acid groups (broad SMARTS) is 2. The first-order valence-corrected chi connectivity index (χ1v) is 15.8. The number of carbonyl (C=O) groups is 4. The van der Waals surface area contributed by atoms with E-state index < -0.39 is 18.0 Å². The summed E-state index contributed by atoms with van der Waals surface area (Å²) in [5.41, 5.74) is 0.378. The SMILES string of the molecule is CC1NC2CCCCC(C2)NC(=O)c2cc(cc(C(=O)O)c2)OCNC2CCCCC2NCOc2cc(C(=O)O)cc(c2)C1=O. The summed E-state index contributed by atoms with van der Waals surface area (Å²) in [5.74, 6) is -2.38. The first-order valence-electron chi connectivity index (χ1n) is 15.8. The first kappa shape index (κ1) is 32.4. The van der Waals surface area contributed by atoms with Crippen LogP contribution in [0.4, 0.5) is 0 Å². The van der Waals surface area contributed by atoms with E-state index in [4.69, 9.17) is 9.47 Å². The standard InChI is InChI=1S/C33H42N4O8/c1-19-30(38)20-10-22(32(40)41)14-26(12-20)44-17-34-28-8-4-5-9-29(28)35-18-45-27-13-21(11-23(15-27)33(42)43)31(39)37-25-7-3-2-6-24(16-25)36-19/h10-15,19,24-25,28-29,34-36H,2-9,16-18H2,1H3,(H,37,39)(H,40,41)(H,42,43). The van der Waals surface area contributed by atoms with Crippen LogP contribution in [0, 0.1) is 0 Å². The summed E-state index contributed by atoms with van der Waals surface area (Å²) in [5, 5.41) is 32.7. The van der Waals surface area contributed by atoms with Gasteiger partial charge in [0.1, 0.15) is 25.0 Å². The molecule has 0 radical (unpaired) electrons. The van der Waals surface area contributed by atoms with Crippen LogP contribution in [0.2, 0.25) is 0 Å². The fraction of sp³-hybridized carbons (Fsp3) is 0.515. The largest absolute Gasteiger partial charge is 0.478 e. The highest BCUT2D eigenvalue weighted by atomic mass is 16.5. The number of Topliss-reactive ketones (excluding diaryl/α,β-unsaturated/α-hetero) is 1. The second kappa shape index (κ2) is 14.9. The first-order chi connectivity index (χ1) is 21.7. The van der Waals surface area contributed by atoms with Crippen molar-refractivity contribution in [3.05, 3.63) is 58.7 Å². The Bertz CT molecular complexity index is 1420. The predicted octanol–water partition coefficient (Wildman–Crippen LogP) is 3.55. The van der Waals surface area contributed by atoms with Gasteiger partial charge in [-0.25, -0.2) is 9.59 Å². The number of ketones is 1. The Kier molecular flexibility index (Phi) is 10.7. The molecule has 1 heterocycles. The summed E-state index contributed by atoms with van der Waals surface area (Å²) in [6.07, 6.45) is 7.73. The van der Waals surface area contributed by atoms with E-state index in [1.807, 2.05) is 0 Å². The van der Waals surface area contributed by atoms with Crippen molar-refractivity contribution in [3.63, 3.8) is 0 Å². The molecule has 242 valence electrons. The van der Waals surface area contributed by atoms with Crippen molar-refractivity contribution in [2.75, 3.05) is 13.5 Å². The number of carboxylic acids is 2. The van der Waals surface area contributed by atoms with Gasteiger partial charge in [-0.2, -0.15) is 0 Å². The number of hydrogen-bond acceptors (Lipinski definition) is 9. The highest BCUT2D eigenvalue weighted by molar-refractivity contribution is 6.02. The van der Waals surface area contributed by atoms with Crippen LogP contribution < -0.4 is 30.7 Å². The minimum atomic E-state index is -1.15. The lowest BCUT2D eigenvalue weighted by atomic mass is 9.90. The number of amides is 1. The van der Waals surface area contributed by atoms with Gasteiger partial charge in [-0.1, -0.05) is 25.7 Å². The van der Waals surface area contributed by atoms with Crippen LogP contribution in [0.25, 0.3) is 0 Å². The lowest BCUT2D eigenvalue weighted by Gasteiger charge is -2.33. The molecule has 2 saturated carbocycles. The molecule has 5 atom stereocenters. The highest BCUT2D eigenvalue weighted by Gasteiger charge is 2.28. The number of benzene rings is 2. The van der Waals surface area contributed by atoms with E-state index in [9.17, 15) is 29.4 Å². The predicted molar refractivity (Wildman–Crippen MR) is 165 cm³/mol. The van der Waals surface area contributed by atoms with Gasteiger partial charge in [-0.15, -0.1) is 0 Å². The zero-order chi connectivity index (χ0) is 31.9. The minimum Gasteiger partial charge on any atom is -0.478 e. The Labute approximate surface area is 262 Å². The van der Waals surface area contributed by atoms with Gasteiger partial charge in [0.25, 0.3) is 5.91 Å². The maximum atomic E-state index is 13.5. The van der Waals surface area contributed by atoms with E-state index in [1.165, 1.54) is 24.3 Å². The molecule has 6 bridgehead atoms. The van der Waals surface area contributed by atoms with Gasteiger partial charge >= 0.3 is 11.9 Å². The fourth-order valence-corrected chi connectivity index (χ4v) is 6.56. The van der Waals surface area contributed by atoms with Gasteiger partial charge in [0, 0.05) is 35.3 Å². The zero-order valence-corrected chi connectivity index (χ0v) is 25.5. The second-order valence-electron chi connectivity index (χ2n) is 12.2. The van der Waals surface area contributed by atoms with Crippen LogP contribution >= 0.6 is 0 Å². The fourth-order valence-electron chi connectivity index (χ4n) is 6.56. The second-order valence-corrected chi connectivity index (χ2v) is 12.2. The Morgan fingerprint density at radius 3 is 1.80 bits per heavy atom. The molecule has 3 aliphatic rings. The average molecular weight is 623 g/mol. The summed E-state index contributed by atoms with van der Waals surface area (Å²) in [7, 11) is 0. The van der Waals surface area contributed by atoms with Crippen molar-refractivity contribution < 1.29 is 38.9 Å². The summed E-state index contributed by atoms with van der Waals surface area (Å²) in [4.78, 5) is 50.7. The van der Waals surface area contributed by atoms with Crippen molar-refractivity contribution in [1.29, 1.82) is 0 Å². The van der Waals surface area contributed by atoms with E-state index >= 15 is 0 Å². The lowest BCUT2D eigenvalue weighted by Crippen LogP contribution is -2.51. The van der Waals surface area contributed by atoms with Crippen molar-refractivity contribution in [2.45, 2.75) is 94.9 Å². The molecule has 1 amide bonds. The lowest BCUT2D eigenvalue weighted by molar-refractivity contribution is 0.0685. The number of aromatic carboxylic acids is 2. The molecule has 2 fully saturated rings. The van der Waals surface area contributed by atoms with Gasteiger partial charge in [-0.3, -0.25) is 20.2 Å². The Hall–Kier alpha value is -4.00. The van der Waals surface area contributed by atoms with Crippen LogP contribution in [0.5, 0.6) is 11.5 Å². The summed E-state index contributed by atoms with van der Waals surface area (Å²) in [6, 6.07) is 7.88. The Morgan fingerprint density at radius 1 is 0.711 bits per heavy atom. The Balaban J connectivity index is 1.43. The van der Waals surface area contributed by atoms with Crippen molar-refractivity contribution in [2.24, 2.45) is 0 Å². The van der Waals surface area contributed by atoms with Crippen molar-refractivity contribution in [1.82, 2.24) is 21.3 Å². The number of fused-ring (bicyclic) bond motifs is 7. The molecule has 2 aliphatic carbocycles. The molecule has 5 rings (SSSR count). The minimum absolute atomic E-state index is 0.0293. The third-order valence-electron chi connectivity index (χ3n) is 8.93. The van der Waals surface area contributed by atoms with Crippen LogP contribution in [-0.2, 0) is 0 Å². The monoisotopic (exact) mass is 622 g/mol. The molecule has 2 aromatic carbocycles. The van der Waals surface area contributed by atoms with E-state index in [2.05, 4.69) is 21.3 Å². The van der Waals surface area contributed by atoms with Crippen LogP contribution in [-0.4, -0.2) is 77.5 Å². The van der Waals surface area contributed by atoms with E-state index in [-0.39, 0.29) is 83.1 Å². The molecule has 2 aromatic rings. The molecule has 1 aliphatic heterocycles. The molecule has 0 aromatic heterocycles. The van der Waals surface area contributed by atoms with Gasteiger partial charge in [-0.05, 0) is 75.4 Å². The Morgan fingerprint density at radius 2 is 1.22 bits per heavy atom. The maximum Gasteiger partial charge on any atom is 0.335 e. The molecule has 6 N–H and O–H groups in total. The topological polar surface area (TPSA) is 175 Å². The molecular formula is C33H42N4O8. The number of hydrogen-bond donors (Lipinski definition) is 6. The molecular weight excluding hydrogens is 580 g/mol. The third kappa shape index (κ3) is 8.59.